The fourth-order valence-electron chi connectivity index (χ4n) is 2.68. The van der Waals surface area contributed by atoms with Gasteiger partial charge in [-0.15, -0.1) is 0 Å². The van der Waals surface area contributed by atoms with Gasteiger partial charge in [0.15, 0.2) is 0 Å². The van der Waals surface area contributed by atoms with E-state index in [2.05, 4.69) is 10.4 Å². The molecule has 0 atom stereocenters. The third-order valence-corrected chi connectivity index (χ3v) is 5.73. The van der Waals surface area contributed by atoms with E-state index in [9.17, 15) is 17.6 Å². The van der Waals surface area contributed by atoms with Crippen LogP contribution in [0.5, 0.6) is 0 Å². The van der Waals surface area contributed by atoms with Gasteiger partial charge in [0.05, 0.1) is 28.4 Å². The van der Waals surface area contributed by atoms with Crippen LogP contribution < -0.4 is 10.5 Å². The van der Waals surface area contributed by atoms with Crippen molar-refractivity contribution in [2.24, 2.45) is 5.14 Å². The average Bonchev–Trinajstić information content (AvgIpc) is 3.07. The van der Waals surface area contributed by atoms with Crippen molar-refractivity contribution in [2.45, 2.75) is 18.2 Å². The summed E-state index contributed by atoms with van der Waals surface area (Å²) in [6.45, 7) is 1.70. The molecule has 0 bridgehead atoms. The van der Waals surface area contributed by atoms with Crippen LogP contribution in [-0.4, -0.2) is 24.1 Å². The summed E-state index contributed by atoms with van der Waals surface area (Å²) >= 11 is 11.9. The molecule has 0 saturated heterocycles. The maximum atomic E-state index is 14.0. The fourth-order valence-corrected chi connectivity index (χ4v) is 3.78. The number of sulfonamides is 1. The summed E-state index contributed by atoms with van der Waals surface area (Å²) in [5.41, 5.74) is 1.00. The molecule has 3 aromatic rings. The number of amides is 1. The lowest BCUT2D eigenvalue weighted by Crippen LogP contribution is -2.18. The van der Waals surface area contributed by atoms with Crippen molar-refractivity contribution in [1.29, 1.82) is 0 Å². The number of rotatable bonds is 5. The molecule has 0 aliphatic rings. The van der Waals surface area contributed by atoms with Crippen molar-refractivity contribution in [1.82, 2.24) is 9.78 Å². The van der Waals surface area contributed by atoms with E-state index in [4.69, 9.17) is 28.3 Å². The minimum Gasteiger partial charge on any atom is -0.326 e. The minimum absolute atomic E-state index is 0.0543. The van der Waals surface area contributed by atoms with E-state index in [0.29, 0.717) is 10.6 Å². The molecule has 1 heterocycles. The Bertz CT molecular complexity index is 1210. The van der Waals surface area contributed by atoms with E-state index in [1.807, 2.05) is 0 Å². The van der Waals surface area contributed by atoms with Crippen molar-refractivity contribution < 1.29 is 17.6 Å². The third-order valence-electron chi connectivity index (χ3n) is 4.06. The van der Waals surface area contributed by atoms with E-state index >= 15 is 0 Å². The predicted octanol–water partition coefficient (Wildman–Crippen LogP) is 3.46. The fraction of sp³-hybridized carbons (Fsp3) is 0.111. The highest BCUT2D eigenvalue weighted by Crippen LogP contribution is 2.26. The van der Waals surface area contributed by atoms with Crippen LogP contribution in [0, 0.1) is 12.7 Å². The van der Waals surface area contributed by atoms with Crippen LogP contribution in [0.25, 0.3) is 5.69 Å². The molecule has 1 amide bonds. The average molecular weight is 457 g/mol. The molecule has 0 unspecified atom stereocenters. The number of hydrogen-bond donors (Lipinski definition) is 2. The van der Waals surface area contributed by atoms with Gasteiger partial charge in [0.2, 0.25) is 15.9 Å². The molecule has 3 rings (SSSR count). The molecule has 2 aromatic carbocycles. The van der Waals surface area contributed by atoms with Crippen LogP contribution in [0.4, 0.5) is 10.1 Å². The number of benzene rings is 2. The van der Waals surface area contributed by atoms with Crippen LogP contribution in [0.1, 0.15) is 11.1 Å². The van der Waals surface area contributed by atoms with E-state index in [1.54, 1.807) is 6.92 Å². The normalized spacial score (nSPS) is 11.5. The van der Waals surface area contributed by atoms with E-state index in [-0.39, 0.29) is 33.3 Å². The zero-order valence-corrected chi connectivity index (χ0v) is 17.3. The van der Waals surface area contributed by atoms with Crippen LogP contribution >= 0.6 is 23.2 Å². The minimum atomic E-state index is -4.14. The lowest BCUT2D eigenvalue weighted by molar-refractivity contribution is -0.115. The summed E-state index contributed by atoms with van der Waals surface area (Å²) in [6, 6.07) is 6.81. The monoisotopic (exact) mass is 456 g/mol. The van der Waals surface area contributed by atoms with Gasteiger partial charge in [-0.05, 0) is 36.8 Å². The first-order valence-corrected chi connectivity index (χ1v) is 10.5. The summed E-state index contributed by atoms with van der Waals surface area (Å²) in [7, 11) is -4.14. The molecule has 11 heteroatoms. The first-order chi connectivity index (χ1) is 13.6. The number of nitrogens with two attached hydrogens (primary N) is 1. The Morgan fingerprint density at radius 2 is 2.00 bits per heavy atom. The summed E-state index contributed by atoms with van der Waals surface area (Å²) in [5.74, 6) is -1.18. The summed E-state index contributed by atoms with van der Waals surface area (Å²) in [6.07, 6.45) is 2.42. The first-order valence-electron chi connectivity index (χ1n) is 8.17. The summed E-state index contributed by atoms with van der Waals surface area (Å²) < 4.78 is 39.3. The Kier molecular flexibility index (Phi) is 5.95. The van der Waals surface area contributed by atoms with Gasteiger partial charge < -0.3 is 5.32 Å². The van der Waals surface area contributed by atoms with Gasteiger partial charge in [-0.1, -0.05) is 29.3 Å². The van der Waals surface area contributed by atoms with Crippen LogP contribution in [-0.2, 0) is 21.2 Å². The second kappa shape index (κ2) is 8.11. The molecule has 0 radical (unpaired) electrons. The number of aryl methyl sites for hydroxylation is 1. The first kappa shape index (κ1) is 21.3. The van der Waals surface area contributed by atoms with Gasteiger partial charge in [-0.3, -0.25) is 4.79 Å². The van der Waals surface area contributed by atoms with Crippen LogP contribution in [0.15, 0.2) is 47.6 Å². The van der Waals surface area contributed by atoms with Gasteiger partial charge in [0, 0.05) is 17.4 Å². The maximum Gasteiger partial charge on any atom is 0.240 e. The summed E-state index contributed by atoms with van der Waals surface area (Å²) in [4.78, 5) is 12.1. The number of nitrogens with one attached hydrogen (secondary N) is 1. The second-order valence-electron chi connectivity index (χ2n) is 6.21. The lowest BCUT2D eigenvalue weighted by Gasteiger charge is -2.12. The summed E-state index contributed by atoms with van der Waals surface area (Å²) in [5, 5.41) is 12.2. The second-order valence-corrected chi connectivity index (χ2v) is 8.56. The topological polar surface area (TPSA) is 107 Å². The number of halogens is 3. The highest BCUT2D eigenvalue weighted by Gasteiger charge is 2.19. The van der Waals surface area contributed by atoms with Gasteiger partial charge in [-0.25, -0.2) is 22.6 Å². The number of primary sulfonamides is 1. The van der Waals surface area contributed by atoms with Gasteiger partial charge >= 0.3 is 0 Å². The molecular formula is C18H15Cl2FN4O3S. The quantitative estimate of drug-likeness (QED) is 0.612. The number of hydrogen-bond acceptors (Lipinski definition) is 4. The molecule has 1 aromatic heterocycles. The Morgan fingerprint density at radius 3 is 2.62 bits per heavy atom. The standard InChI is InChI=1S/C18H15Cl2FN4O3S/c1-10-2-4-14(21)13(18(10)20)7-17(26)24-12-3-5-15(16(6-12)29(22,27)28)25-9-11(19)8-23-25/h2-6,8-9H,7H2,1H3,(H,24,26)(H2,22,27,28). The third kappa shape index (κ3) is 4.76. The number of anilines is 1. The molecule has 0 fully saturated rings. The van der Waals surface area contributed by atoms with Crippen molar-refractivity contribution in [2.75, 3.05) is 5.32 Å². The molecular weight excluding hydrogens is 442 g/mol. The van der Waals surface area contributed by atoms with Gasteiger partial charge in [-0.2, -0.15) is 5.10 Å². The van der Waals surface area contributed by atoms with Crippen LogP contribution in [0.3, 0.4) is 0 Å². The smallest absolute Gasteiger partial charge is 0.240 e. The zero-order valence-electron chi connectivity index (χ0n) is 15.0. The van der Waals surface area contributed by atoms with E-state index in [0.717, 1.165) is 0 Å². The maximum absolute atomic E-state index is 14.0. The Balaban J connectivity index is 1.90. The number of carbonyl (C=O) groups is 1. The van der Waals surface area contributed by atoms with Gasteiger partial charge in [0.25, 0.3) is 0 Å². The van der Waals surface area contributed by atoms with Crippen molar-refractivity contribution >= 4 is 44.8 Å². The Hall–Kier alpha value is -2.46. The molecule has 3 N–H and O–H groups in total. The lowest BCUT2D eigenvalue weighted by atomic mass is 10.1. The predicted molar refractivity (Wildman–Crippen MR) is 108 cm³/mol. The Labute approximate surface area is 176 Å². The van der Waals surface area contributed by atoms with Crippen molar-refractivity contribution in [3.63, 3.8) is 0 Å². The highest BCUT2D eigenvalue weighted by molar-refractivity contribution is 7.89. The molecule has 29 heavy (non-hydrogen) atoms. The molecule has 0 aliphatic carbocycles. The highest BCUT2D eigenvalue weighted by atomic mass is 35.5. The Morgan fingerprint density at radius 1 is 1.28 bits per heavy atom. The molecule has 0 spiro atoms. The number of carbonyl (C=O) groups excluding carboxylic acids is 1. The van der Waals surface area contributed by atoms with E-state index < -0.39 is 21.7 Å². The molecule has 0 aliphatic heterocycles. The van der Waals surface area contributed by atoms with E-state index in [1.165, 1.54) is 47.4 Å². The van der Waals surface area contributed by atoms with Gasteiger partial charge in [0.1, 0.15) is 10.7 Å². The number of aromatic nitrogens is 2. The largest absolute Gasteiger partial charge is 0.326 e. The number of nitrogens with zero attached hydrogens (tertiary/aromatic N) is 2. The van der Waals surface area contributed by atoms with Crippen LogP contribution in [0.2, 0.25) is 10.0 Å². The molecule has 7 nitrogen and oxygen atoms in total. The molecule has 152 valence electrons. The van der Waals surface area contributed by atoms with Crippen molar-refractivity contribution in [3.05, 3.63) is 69.7 Å². The zero-order chi connectivity index (χ0) is 21.3. The van der Waals surface area contributed by atoms with Crippen molar-refractivity contribution in [3.8, 4) is 5.69 Å². The SMILES string of the molecule is Cc1ccc(F)c(CC(=O)Nc2ccc(-n3cc(Cl)cn3)c(S(N)(=O)=O)c2)c1Cl. The molecule has 0 saturated carbocycles.